The first kappa shape index (κ1) is 23.3. The van der Waals surface area contributed by atoms with E-state index in [1.165, 1.54) is 17.5 Å². The molecule has 0 radical (unpaired) electrons. The Morgan fingerprint density at radius 1 is 0.938 bits per heavy atom. The Bertz CT molecular complexity index is 923. The quantitative estimate of drug-likeness (QED) is 0.481. The first-order chi connectivity index (χ1) is 14.7. The molecule has 1 aliphatic carbocycles. The SMILES string of the molecule is Cc1cc2c(cc1C(=O)C1CC3CCC(C1)N3C(=O)OC(C)(C)C)C(C)(C)CCC2(C)C. The molecule has 0 spiro atoms. The van der Waals surface area contributed by atoms with Gasteiger partial charge in [-0.1, -0.05) is 33.8 Å². The summed E-state index contributed by atoms with van der Waals surface area (Å²) in [6, 6.07) is 4.74. The highest BCUT2D eigenvalue weighted by molar-refractivity contribution is 5.99. The molecule has 32 heavy (non-hydrogen) atoms. The normalized spacial score (nSPS) is 28.2. The Morgan fingerprint density at radius 2 is 1.44 bits per heavy atom. The number of hydrogen-bond donors (Lipinski definition) is 0. The van der Waals surface area contributed by atoms with Crippen molar-refractivity contribution in [3.05, 3.63) is 34.4 Å². The molecule has 2 aliphatic heterocycles. The van der Waals surface area contributed by atoms with Crippen LogP contribution >= 0.6 is 0 Å². The van der Waals surface area contributed by atoms with Gasteiger partial charge in [-0.3, -0.25) is 4.79 Å². The maximum Gasteiger partial charge on any atom is 0.410 e. The molecule has 3 aliphatic rings. The average Bonchev–Trinajstić information content (AvgIpc) is 2.93. The number of ether oxygens (including phenoxy) is 1. The number of hydrogen-bond acceptors (Lipinski definition) is 3. The molecule has 2 unspecified atom stereocenters. The summed E-state index contributed by atoms with van der Waals surface area (Å²) in [5.41, 5.74) is 4.48. The lowest BCUT2D eigenvalue weighted by Gasteiger charge is -2.42. The van der Waals surface area contributed by atoms with E-state index in [1.807, 2.05) is 25.7 Å². The highest BCUT2D eigenvalue weighted by Crippen LogP contribution is 2.47. The van der Waals surface area contributed by atoms with Crippen molar-refractivity contribution in [3.8, 4) is 0 Å². The van der Waals surface area contributed by atoms with Crippen LogP contribution in [0, 0.1) is 12.8 Å². The predicted molar refractivity (Wildman–Crippen MR) is 128 cm³/mol. The van der Waals surface area contributed by atoms with Crippen molar-refractivity contribution in [1.82, 2.24) is 4.90 Å². The third-order valence-corrected chi connectivity index (χ3v) is 8.17. The maximum absolute atomic E-state index is 13.8. The largest absolute Gasteiger partial charge is 0.444 e. The number of ketones is 1. The average molecular weight is 440 g/mol. The molecule has 0 aromatic heterocycles. The number of carbonyl (C=O) groups excluding carboxylic acids is 2. The Kier molecular flexibility index (Phi) is 5.54. The minimum absolute atomic E-state index is 0.0114. The van der Waals surface area contributed by atoms with Crippen LogP contribution in [0.5, 0.6) is 0 Å². The van der Waals surface area contributed by atoms with Crippen molar-refractivity contribution in [2.24, 2.45) is 5.92 Å². The molecule has 4 heteroatoms. The standard InChI is InChI=1S/C28H41NO3/c1-17-13-22-23(28(7,8)12-11-27(22,5)6)16-21(17)24(30)18-14-19-9-10-20(15-18)29(19)25(31)32-26(2,3)4/h13,16,18-20H,9-12,14-15H2,1-8H3. The third-order valence-electron chi connectivity index (χ3n) is 8.17. The van der Waals surface area contributed by atoms with E-state index in [0.717, 1.165) is 43.2 Å². The van der Waals surface area contributed by atoms with Crippen molar-refractivity contribution in [1.29, 1.82) is 0 Å². The van der Waals surface area contributed by atoms with E-state index in [0.29, 0.717) is 0 Å². The molecule has 4 nitrogen and oxygen atoms in total. The zero-order valence-electron chi connectivity index (χ0n) is 21.3. The Hall–Kier alpha value is -1.84. The summed E-state index contributed by atoms with van der Waals surface area (Å²) in [4.78, 5) is 28.5. The van der Waals surface area contributed by atoms with Crippen molar-refractivity contribution in [3.63, 3.8) is 0 Å². The topological polar surface area (TPSA) is 46.6 Å². The zero-order valence-corrected chi connectivity index (χ0v) is 21.3. The van der Waals surface area contributed by atoms with Crippen LogP contribution in [0.2, 0.25) is 0 Å². The summed E-state index contributed by atoms with van der Waals surface area (Å²) in [7, 11) is 0. The van der Waals surface area contributed by atoms with E-state index >= 15 is 0 Å². The molecule has 1 aromatic carbocycles. The van der Waals surface area contributed by atoms with Crippen LogP contribution in [0.4, 0.5) is 4.79 Å². The molecule has 2 heterocycles. The number of amides is 1. The van der Waals surface area contributed by atoms with E-state index in [4.69, 9.17) is 4.74 Å². The van der Waals surface area contributed by atoms with Gasteiger partial charge in [-0.25, -0.2) is 4.79 Å². The number of rotatable bonds is 2. The van der Waals surface area contributed by atoms with E-state index in [2.05, 4.69) is 46.8 Å². The van der Waals surface area contributed by atoms with Crippen molar-refractivity contribution < 1.29 is 14.3 Å². The smallest absolute Gasteiger partial charge is 0.410 e. The van der Waals surface area contributed by atoms with Gasteiger partial charge in [-0.2, -0.15) is 0 Å². The third kappa shape index (κ3) is 4.10. The number of carbonyl (C=O) groups is 2. The number of fused-ring (bicyclic) bond motifs is 3. The fraction of sp³-hybridized carbons (Fsp3) is 0.714. The molecule has 2 saturated heterocycles. The van der Waals surface area contributed by atoms with Gasteiger partial charge in [0.15, 0.2) is 5.78 Å². The van der Waals surface area contributed by atoms with Crippen LogP contribution in [0.3, 0.4) is 0 Å². The lowest BCUT2D eigenvalue weighted by molar-refractivity contribution is 0.00253. The fourth-order valence-corrected chi connectivity index (χ4v) is 6.21. The van der Waals surface area contributed by atoms with Gasteiger partial charge < -0.3 is 9.64 Å². The second kappa shape index (κ2) is 7.60. The van der Waals surface area contributed by atoms with Gasteiger partial charge in [-0.15, -0.1) is 0 Å². The summed E-state index contributed by atoms with van der Waals surface area (Å²) in [6.45, 7) is 17.1. The summed E-state index contributed by atoms with van der Waals surface area (Å²) >= 11 is 0. The highest BCUT2D eigenvalue weighted by Gasteiger charge is 2.47. The molecule has 1 amide bonds. The van der Waals surface area contributed by atoms with E-state index in [1.54, 1.807) is 0 Å². The molecule has 4 rings (SSSR count). The van der Waals surface area contributed by atoms with Crippen LogP contribution in [0.1, 0.15) is 114 Å². The molecular weight excluding hydrogens is 398 g/mol. The Balaban J connectivity index is 1.59. The van der Waals surface area contributed by atoms with Gasteiger partial charge in [0.2, 0.25) is 0 Å². The van der Waals surface area contributed by atoms with Crippen molar-refractivity contribution in [2.45, 2.75) is 122 Å². The van der Waals surface area contributed by atoms with Gasteiger partial charge in [0.05, 0.1) is 0 Å². The van der Waals surface area contributed by atoms with E-state index in [-0.39, 0.29) is 40.7 Å². The second-order valence-corrected chi connectivity index (χ2v) is 12.8. The van der Waals surface area contributed by atoms with Crippen LogP contribution in [-0.2, 0) is 15.6 Å². The van der Waals surface area contributed by atoms with Crippen molar-refractivity contribution in [2.75, 3.05) is 0 Å². The van der Waals surface area contributed by atoms with Gasteiger partial charge in [0.1, 0.15) is 5.60 Å². The highest BCUT2D eigenvalue weighted by atomic mass is 16.6. The molecular formula is C28H41NO3. The van der Waals surface area contributed by atoms with Crippen molar-refractivity contribution >= 4 is 11.9 Å². The first-order valence-electron chi connectivity index (χ1n) is 12.4. The number of Topliss-reactive ketones (excluding diaryl/α,β-unsaturated/α-hetero) is 1. The van der Waals surface area contributed by atoms with Crippen LogP contribution < -0.4 is 0 Å². The lowest BCUT2D eigenvalue weighted by atomic mass is 9.62. The summed E-state index contributed by atoms with van der Waals surface area (Å²) in [5, 5.41) is 0. The van der Waals surface area contributed by atoms with Gasteiger partial charge in [0, 0.05) is 23.6 Å². The van der Waals surface area contributed by atoms with E-state index < -0.39 is 5.60 Å². The Morgan fingerprint density at radius 3 is 1.94 bits per heavy atom. The lowest BCUT2D eigenvalue weighted by Crippen LogP contribution is -2.49. The Labute approximate surface area is 194 Å². The number of nitrogens with zero attached hydrogens (tertiary/aromatic N) is 1. The van der Waals surface area contributed by atoms with Crippen LogP contribution in [0.25, 0.3) is 0 Å². The molecule has 0 N–H and O–H groups in total. The van der Waals surface area contributed by atoms with Gasteiger partial charge >= 0.3 is 6.09 Å². The molecule has 1 aromatic rings. The monoisotopic (exact) mass is 439 g/mol. The molecule has 176 valence electrons. The number of benzene rings is 1. The molecule has 2 atom stereocenters. The van der Waals surface area contributed by atoms with Crippen LogP contribution in [-0.4, -0.2) is 34.5 Å². The number of aryl methyl sites for hydroxylation is 1. The van der Waals surface area contributed by atoms with Crippen LogP contribution in [0.15, 0.2) is 12.1 Å². The summed E-state index contributed by atoms with van der Waals surface area (Å²) in [6.07, 6.45) is 5.54. The summed E-state index contributed by atoms with van der Waals surface area (Å²) < 4.78 is 5.66. The van der Waals surface area contributed by atoms with E-state index in [9.17, 15) is 9.59 Å². The van der Waals surface area contributed by atoms with Gasteiger partial charge in [0.25, 0.3) is 0 Å². The molecule has 2 fully saturated rings. The maximum atomic E-state index is 13.8. The van der Waals surface area contributed by atoms with Gasteiger partial charge in [-0.05, 0) is 99.8 Å². The minimum Gasteiger partial charge on any atom is -0.444 e. The summed E-state index contributed by atoms with van der Waals surface area (Å²) in [5.74, 6) is 0.257. The predicted octanol–water partition coefficient (Wildman–Crippen LogP) is 6.70. The second-order valence-electron chi connectivity index (χ2n) is 12.8. The molecule has 0 saturated carbocycles. The minimum atomic E-state index is -0.496. The fourth-order valence-electron chi connectivity index (χ4n) is 6.21. The molecule has 2 bridgehead atoms. The number of piperidine rings is 1. The first-order valence-corrected chi connectivity index (χ1v) is 12.4. The zero-order chi connectivity index (χ0) is 23.6.